The van der Waals surface area contributed by atoms with E-state index in [4.69, 9.17) is 0 Å². The van der Waals surface area contributed by atoms with Crippen LogP contribution in [0.2, 0.25) is 0 Å². The second-order valence-corrected chi connectivity index (χ2v) is 16.7. The Morgan fingerprint density at radius 1 is 0.943 bits per heavy atom. The van der Waals surface area contributed by atoms with E-state index in [0.29, 0.717) is 43.4 Å². The summed E-state index contributed by atoms with van der Waals surface area (Å²) in [5, 5.41) is 11.2. The fourth-order valence-corrected chi connectivity index (χ4v) is 8.27. The van der Waals surface area contributed by atoms with Crippen LogP contribution in [-0.2, 0) is 19.2 Å². The Balaban J connectivity index is 1.35. The van der Waals surface area contributed by atoms with Gasteiger partial charge in [0.05, 0.1) is 29.8 Å². The second-order valence-electron chi connectivity index (χ2n) is 16.7. The zero-order valence-corrected chi connectivity index (χ0v) is 31.8. The standard InChI is InChI=1S/C40H56N6O7/c1-7-21-41-34(49)32(47)27-19-13-11-9-8-10-12-14-20-28(37(52)45-22-26-30(40(26,5)6)31(45)33(48)42-27)43-38(53)44-29(39(2,3)4)23-46-35(50)24-17-15-16-18-25(24)36(46)51/h7,15-18,26-31H,1,8-14,19-23H2,2-6H3,(H,41,49)(H,42,48)(H2,43,44,53)/t26-,27+,28+,29-,30-,31+/m1/s1. The van der Waals surface area contributed by atoms with Crippen LogP contribution < -0.4 is 21.3 Å². The van der Waals surface area contributed by atoms with E-state index in [2.05, 4.69) is 41.7 Å². The van der Waals surface area contributed by atoms with Crippen LogP contribution in [0.25, 0.3) is 0 Å². The van der Waals surface area contributed by atoms with E-state index < -0.39 is 65.0 Å². The molecule has 4 N–H and O–H groups in total. The van der Waals surface area contributed by atoms with E-state index >= 15 is 0 Å². The first-order valence-corrected chi connectivity index (χ1v) is 19.1. The maximum Gasteiger partial charge on any atom is 0.315 e. The first-order valence-electron chi connectivity index (χ1n) is 19.1. The van der Waals surface area contributed by atoms with Gasteiger partial charge in [-0.15, -0.1) is 6.58 Å². The summed E-state index contributed by atoms with van der Waals surface area (Å²) in [5.74, 6) is -3.30. The number of nitrogens with zero attached hydrogens (tertiary/aromatic N) is 2. The van der Waals surface area contributed by atoms with Crippen LogP contribution in [0, 0.1) is 22.7 Å². The summed E-state index contributed by atoms with van der Waals surface area (Å²) in [6.45, 7) is 13.8. The summed E-state index contributed by atoms with van der Waals surface area (Å²) in [4.78, 5) is 97.4. The molecule has 1 aromatic rings. The van der Waals surface area contributed by atoms with Gasteiger partial charge in [0.15, 0.2) is 0 Å². The van der Waals surface area contributed by atoms with Crippen LogP contribution in [0.4, 0.5) is 4.79 Å². The number of carbonyl (C=O) groups is 7. The van der Waals surface area contributed by atoms with Crippen molar-refractivity contribution in [2.45, 2.75) is 117 Å². The Hall–Kier alpha value is -4.55. The van der Waals surface area contributed by atoms with E-state index in [1.54, 1.807) is 29.2 Å². The molecule has 13 heteroatoms. The molecule has 288 valence electrons. The highest BCUT2D eigenvalue weighted by molar-refractivity contribution is 6.38. The molecule has 0 unspecified atom stereocenters. The summed E-state index contributed by atoms with van der Waals surface area (Å²) >= 11 is 0. The molecule has 53 heavy (non-hydrogen) atoms. The van der Waals surface area contributed by atoms with Crippen LogP contribution in [0.1, 0.15) is 113 Å². The topological polar surface area (TPSA) is 174 Å². The van der Waals surface area contributed by atoms with E-state index in [0.717, 1.165) is 37.0 Å². The average Bonchev–Trinajstić information content (AvgIpc) is 3.35. The van der Waals surface area contributed by atoms with E-state index in [9.17, 15) is 33.6 Å². The SMILES string of the molecule is C=CCNC(=O)C(=O)[C@@H]1CCCCCCCCC[C@H](NC(=O)N[C@H](CN2C(=O)c3ccccc3C2=O)C(C)(C)C)C(=O)N2C[C@@H]3[C@H]([C@H]2C(=O)N1)C3(C)C. The lowest BCUT2D eigenvalue weighted by atomic mass is 9.86. The third kappa shape index (κ3) is 8.65. The molecule has 0 aromatic heterocycles. The van der Waals surface area contributed by atoms with Gasteiger partial charge in [-0.3, -0.25) is 33.7 Å². The van der Waals surface area contributed by atoms with Gasteiger partial charge in [-0.2, -0.15) is 0 Å². The molecule has 3 fully saturated rings. The summed E-state index contributed by atoms with van der Waals surface area (Å²) in [6.07, 6.45) is 8.02. The molecule has 0 spiro atoms. The molecule has 3 aliphatic heterocycles. The molecule has 7 amide bonds. The monoisotopic (exact) mass is 732 g/mol. The van der Waals surface area contributed by atoms with Crippen LogP contribution >= 0.6 is 0 Å². The third-order valence-corrected chi connectivity index (χ3v) is 11.7. The number of Topliss-reactive ketones (excluding diaryl/α,β-unsaturated/α-hetero) is 1. The lowest BCUT2D eigenvalue weighted by Crippen LogP contribution is -2.60. The number of fused-ring (bicyclic) bond motifs is 4. The number of piperidine rings is 1. The van der Waals surface area contributed by atoms with Gasteiger partial charge in [-0.1, -0.05) is 97.8 Å². The fraction of sp³-hybridized carbons (Fsp3) is 0.625. The van der Waals surface area contributed by atoms with Crippen molar-refractivity contribution in [2.24, 2.45) is 22.7 Å². The molecule has 0 bridgehead atoms. The zero-order chi connectivity index (χ0) is 38.7. The Morgan fingerprint density at radius 2 is 1.53 bits per heavy atom. The van der Waals surface area contributed by atoms with Gasteiger partial charge in [-0.25, -0.2) is 4.79 Å². The number of carbonyl (C=O) groups excluding carboxylic acids is 7. The quantitative estimate of drug-likeness (QED) is 0.179. The highest BCUT2D eigenvalue weighted by Crippen LogP contribution is 2.65. The van der Waals surface area contributed by atoms with Crippen molar-refractivity contribution in [3.8, 4) is 0 Å². The number of rotatable bonds is 8. The molecular formula is C40H56N6O7. The minimum absolute atomic E-state index is 0.0554. The van der Waals surface area contributed by atoms with Gasteiger partial charge in [0, 0.05) is 13.1 Å². The van der Waals surface area contributed by atoms with Crippen molar-refractivity contribution in [2.75, 3.05) is 19.6 Å². The Morgan fingerprint density at radius 3 is 2.11 bits per heavy atom. The lowest BCUT2D eigenvalue weighted by Gasteiger charge is -2.36. The smallest absolute Gasteiger partial charge is 0.315 e. The van der Waals surface area contributed by atoms with E-state index in [-0.39, 0.29) is 36.2 Å². The summed E-state index contributed by atoms with van der Waals surface area (Å²) < 4.78 is 0. The number of nitrogens with one attached hydrogen (secondary N) is 4. The normalized spacial score (nSPS) is 26.8. The maximum absolute atomic E-state index is 14.5. The second kappa shape index (κ2) is 16.2. The molecule has 1 aromatic carbocycles. The van der Waals surface area contributed by atoms with Crippen LogP contribution in [-0.4, -0.2) is 95.0 Å². The van der Waals surface area contributed by atoms with Gasteiger partial charge in [0.2, 0.25) is 17.6 Å². The molecule has 0 radical (unpaired) electrons. The van der Waals surface area contributed by atoms with E-state index in [1.165, 1.54) is 6.08 Å². The molecule has 6 atom stereocenters. The number of benzene rings is 1. The number of imide groups is 1. The zero-order valence-electron chi connectivity index (χ0n) is 31.8. The maximum atomic E-state index is 14.5. The van der Waals surface area contributed by atoms with Crippen LogP contribution in [0.15, 0.2) is 36.9 Å². The van der Waals surface area contributed by atoms with E-state index in [1.807, 2.05) is 20.8 Å². The van der Waals surface area contributed by atoms with Crippen molar-refractivity contribution in [3.05, 3.63) is 48.0 Å². The van der Waals surface area contributed by atoms with Crippen molar-refractivity contribution in [3.63, 3.8) is 0 Å². The first-order chi connectivity index (χ1) is 25.1. The lowest BCUT2D eigenvalue weighted by molar-refractivity contribution is -0.144. The summed E-state index contributed by atoms with van der Waals surface area (Å²) in [6, 6.07) is 2.52. The fourth-order valence-electron chi connectivity index (χ4n) is 8.27. The number of ketones is 1. The molecule has 5 rings (SSSR count). The van der Waals surface area contributed by atoms with Gasteiger partial charge in [-0.05, 0) is 47.6 Å². The predicted octanol–water partition coefficient (Wildman–Crippen LogP) is 3.73. The first kappa shape index (κ1) is 39.7. The van der Waals surface area contributed by atoms with Crippen molar-refractivity contribution in [1.82, 2.24) is 31.1 Å². The molecule has 1 aliphatic carbocycles. The Labute approximate surface area is 312 Å². The largest absolute Gasteiger partial charge is 0.346 e. The van der Waals surface area contributed by atoms with Gasteiger partial charge >= 0.3 is 6.03 Å². The molecule has 13 nitrogen and oxygen atoms in total. The number of urea groups is 1. The highest BCUT2D eigenvalue weighted by atomic mass is 16.2. The van der Waals surface area contributed by atoms with Crippen LogP contribution in [0.5, 0.6) is 0 Å². The predicted molar refractivity (Wildman–Crippen MR) is 198 cm³/mol. The summed E-state index contributed by atoms with van der Waals surface area (Å²) in [7, 11) is 0. The van der Waals surface area contributed by atoms with Crippen molar-refractivity contribution >= 4 is 41.4 Å². The molecule has 1 saturated carbocycles. The minimum atomic E-state index is -1.03. The Bertz CT molecular complexity index is 1600. The molecular weight excluding hydrogens is 676 g/mol. The average molecular weight is 733 g/mol. The molecule has 2 saturated heterocycles. The van der Waals surface area contributed by atoms with Gasteiger partial charge in [0.25, 0.3) is 17.7 Å². The summed E-state index contributed by atoms with van der Waals surface area (Å²) in [5.41, 5.74) is -0.129. The number of hydrogen-bond acceptors (Lipinski definition) is 7. The molecule has 3 heterocycles. The number of amides is 7. The van der Waals surface area contributed by atoms with Crippen molar-refractivity contribution < 1.29 is 33.6 Å². The van der Waals surface area contributed by atoms with Gasteiger partial charge in [0.1, 0.15) is 12.1 Å². The van der Waals surface area contributed by atoms with Crippen molar-refractivity contribution in [1.29, 1.82) is 0 Å². The Kier molecular flexibility index (Phi) is 12.1. The highest BCUT2D eigenvalue weighted by Gasteiger charge is 2.69. The number of hydrogen-bond donors (Lipinski definition) is 4. The minimum Gasteiger partial charge on any atom is -0.346 e. The molecule has 4 aliphatic rings. The van der Waals surface area contributed by atoms with Gasteiger partial charge < -0.3 is 26.2 Å². The third-order valence-electron chi connectivity index (χ3n) is 11.7. The van der Waals surface area contributed by atoms with Crippen LogP contribution in [0.3, 0.4) is 0 Å².